The third-order valence-electron chi connectivity index (χ3n) is 1.90. The average molecular weight is 173 g/mol. The van der Waals surface area contributed by atoms with Crippen LogP contribution in [0.15, 0.2) is 30.6 Å². The van der Waals surface area contributed by atoms with Gasteiger partial charge in [0, 0.05) is 0 Å². The van der Waals surface area contributed by atoms with Crippen molar-refractivity contribution in [3.8, 4) is 5.69 Å². The summed E-state index contributed by atoms with van der Waals surface area (Å²) >= 11 is 0. The van der Waals surface area contributed by atoms with E-state index in [0.29, 0.717) is 0 Å². The summed E-state index contributed by atoms with van der Waals surface area (Å²) in [5.41, 5.74) is 2.30. The highest BCUT2D eigenvalue weighted by molar-refractivity contribution is 5.32. The zero-order valence-electron chi connectivity index (χ0n) is 7.73. The van der Waals surface area contributed by atoms with E-state index >= 15 is 0 Å². The number of rotatable bonds is 1. The van der Waals surface area contributed by atoms with Gasteiger partial charge in [-0.2, -0.15) is 5.10 Å². The van der Waals surface area contributed by atoms with Crippen LogP contribution in [0.5, 0.6) is 0 Å². The third-order valence-corrected chi connectivity index (χ3v) is 1.90. The molecule has 0 radical (unpaired) electrons. The van der Waals surface area contributed by atoms with Gasteiger partial charge in [0.05, 0.1) is 5.69 Å². The molecular weight excluding hydrogens is 162 g/mol. The van der Waals surface area contributed by atoms with E-state index in [2.05, 4.69) is 29.1 Å². The van der Waals surface area contributed by atoms with Crippen LogP contribution in [-0.2, 0) is 0 Å². The molecule has 0 fully saturated rings. The van der Waals surface area contributed by atoms with Gasteiger partial charge < -0.3 is 0 Å². The standard InChI is InChI=1S/C10H11N3/c1-8-3-5-10(6-4-8)13-7-11-9(2)12-13/h3-7H,1-2H3. The van der Waals surface area contributed by atoms with Crippen LogP contribution in [0.4, 0.5) is 0 Å². The molecule has 1 heterocycles. The van der Waals surface area contributed by atoms with Gasteiger partial charge in [-0.15, -0.1) is 0 Å². The van der Waals surface area contributed by atoms with Crippen LogP contribution >= 0.6 is 0 Å². The Kier molecular flexibility index (Phi) is 1.85. The van der Waals surface area contributed by atoms with Crippen LogP contribution < -0.4 is 0 Å². The van der Waals surface area contributed by atoms with Crippen LogP contribution in [0.3, 0.4) is 0 Å². The summed E-state index contributed by atoms with van der Waals surface area (Å²) in [6.07, 6.45) is 1.72. The molecule has 0 aliphatic rings. The van der Waals surface area contributed by atoms with Crippen LogP contribution in [0.1, 0.15) is 11.4 Å². The molecule has 3 nitrogen and oxygen atoms in total. The number of nitrogens with zero attached hydrogens (tertiary/aromatic N) is 3. The van der Waals surface area contributed by atoms with Gasteiger partial charge in [-0.25, -0.2) is 9.67 Å². The highest BCUT2D eigenvalue weighted by Crippen LogP contribution is 2.07. The van der Waals surface area contributed by atoms with E-state index in [1.54, 1.807) is 11.0 Å². The van der Waals surface area contributed by atoms with Crippen LogP contribution in [0, 0.1) is 13.8 Å². The second kappa shape index (κ2) is 3.01. The minimum absolute atomic E-state index is 0.792. The van der Waals surface area contributed by atoms with E-state index in [1.807, 2.05) is 19.1 Å². The quantitative estimate of drug-likeness (QED) is 0.659. The Bertz CT molecular complexity index is 400. The predicted octanol–water partition coefficient (Wildman–Crippen LogP) is 1.88. The number of benzene rings is 1. The predicted molar refractivity (Wildman–Crippen MR) is 50.8 cm³/mol. The summed E-state index contributed by atoms with van der Waals surface area (Å²) < 4.78 is 1.77. The van der Waals surface area contributed by atoms with Gasteiger partial charge in [0.25, 0.3) is 0 Å². The summed E-state index contributed by atoms with van der Waals surface area (Å²) in [7, 11) is 0. The molecule has 66 valence electrons. The van der Waals surface area contributed by atoms with Gasteiger partial charge in [0.15, 0.2) is 0 Å². The Morgan fingerprint density at radius 2 is 1.77 bits per heavy atom. The fraction of sp³-hybridized carbons (Fsp3) is 0.200. The number of aryl methyl sites for hydroxylation is 2. The summed E-state index contributed by atoms with van der Waals surface area (Å²) in [6, 6.07) is 8.19. The van der Waals surface area contributed by atoms with E-state index in [-0.39, 0.29) is 0 Å². The Morgan fingerprint density at radius 3 is 2.31 bits per heavy atom. The van der Waals surface area contributed by atoms with Crippen molar-refractivity contribution in [2.75, 3.05) is 0 Å². The maximum atomic E-state index is 4.22. The summed E-state index contributed by atoms with van der Waals surface area (Å²) in [5, 5.41) is 4.22. The number of aromatic nitrogens is 3. The molecule has 2 rings (SSSR count). The first-order valence-electron chi connectivity index (χ1n) is 4.21. The van der Waals surface area contributed by atoms with Crippen LogP contribution in [0.2, 0.25) is 0 Å². The molecule has 0 atom stereocenters. The molecule has 0 unspecified atom stereocenters. The first-order chi connectivity index (χ1) is 6.25. The van der Waals surface area contributed by atoms with Crippen molar-refractivity contribution in [3.05, 3.63) is 42.0 Å². The largest absolute Gasteiger partial charge is 0.221 e. The molecule has 1 aromatic carbocycles. The molecule has 3 heteroatoms. The maximum Gasteiger partial charge on any atom is 0.147 e. The highest BCUT2D eigenvalue weighted by Gasteiger charge is 1.97. The zero-order chi connectivity index (χ0) is 9.26. The summed E-state index contributed by atoms with van der Waals surface area (Å²) in [5.74, 6) is 0.792. The van der Waals surface area contributed by atoms with Gasteiger partial charge in [0.2, 0.25) is 0 Å². The molecule has 0 aliphatic carbocycles. The van der Waals surface area contributed by atoms with Gasteiger partial charge in [-0.3, -0.25) is 0 Å². The normalized spacial score (nSPS) is 10.3. The summed E-state index contributed by atoms with van der Waals surface area (Å²) in [4.78, 5) is 4.07. The zero-order valence-corrected chi connectivity index (χ0v) is 7.73. The Balaban J connectivity index is 2.41. The SMILES string of the molecule is Cc1ccc(-n2cnc(C)n2)cc1. The number of hydrogen-bond donors (Lipinski definition) is 0. The van der Waals surface area contributed by atoms with Crippen LogP contribution in [-0.4, -0.2) is 14.8 Å². The molecule has 0 saturated heterocycles. The van der Waals surface area contributed by atoms with Crippen molar-refractivity contribution in [1.29, 1.82) is 0 Å². The van der Waals surface area contributed by atoms with Crippen molar-refractivity contribution >= 4 is 0 Å². The monoisotopic (exact) mass is 173 g/mol. The minimum Gasteiger partial charge on any atom is -0.221 e. The van der Waals surface area contributed by atoms with E-state index < -0.39 is 0 Å². The van der Waals surface area contributed by atoms with Gasteiger partial charge in [-0.1, -0.05) is 17.7 Å². The molecule has 0 spiro atoms. The van der Waals surface area contributed by atoms with E-state index in [1.165, 1.54) is 5.56 Å². The van der Waals surface area contributed by atoms with Gasteiger partial charge >= 0.3 is 0 Å². The van der Waals surface area contributed by atoms with Gasteiger partial charge in [-0.05, 0) is 26.0 Å². The molecule has 0 saturated carbocycles. The van der Waals surface area contributed by atoms with Crippen molar-refractivity contribution in [2.24, 2.45) is 0 Å². The first-order valence-corrected chi connectivity index (χ1v) is 4.21. The lowest BCUT2D eigenvalue weighted by molar-refractivity contribution is 0.862. The second-order valence-electron chi connectivity index (χ2n) is 3.07. The van der Waals surface area contributed by atoms with Crippen molar-refractivity contribution < 1.29 is 0 Å². The van der Waals surface area contributed by atoms with Crippen molar-refractivity contribution in [3.63, 3.8) is 0 Å². The Labute approximate surface area is 77.0 Å². The molecule has 1 aromatic heterocycles. The maximum absolute atomic E-state index is 4.22. The number of hydrogen-bond acceptors (Lipinski definition) is 2. The highest BCUT2D eigenvalue weighted by atomic mass is 15.3. The Morgan fingerprint density at radius 1 is 1.08 bits per heavy atom. The fourth-order valence-corrected chi connectivity index (χ4v) is 1.17. The second-order valence-corrected chi connectivity index (χ2v) is 3.07. The Hall–Kier alpha value is -1.64. The third kappa shape index (κ3) is 1.59. The lowest BCUT2D eigenvalue weighted by atomic mass is 10.2. The fourth-order valence-electron chi connectivity index (χ4n) is 1.17. The molecule has 0 amide bonds. The summed E-state index contributed by atoms with van der Waals surface area (Å²) in [6.45, 7) is 3.95. The minimum atomic E-state index is 0.792. The van der Waals surface area contributed by atoms with Gasteiger partial charge in [0.1, 0.15) is 12.2 Å². The van der Waals surface area contributed by atoms with E-state index in [9.17, 15) is 0 Å². The lowest BCUT2D eigenvalue weighted by Crippen LogP contribution is -1.94. The topological polar surface area (TPSA) is 30.7 Å². The molecule has 0 bridgehead atoms. The molecule has 0 aliphatic heterocycles. The molecule has 2 aromatic rings. The average Bonchev–Trinajstić information content (AvgIpc) is 2.53. The lowest BCUT2D eigenvalue weighted by Gasteiger charge is -1.99. The molecular formula is C10H11N3. The van der Waals surface area contributed by atoms with E-state index in [4.69, 9.17) is 0 Å². The van der Waals surface area contributed by atoms with Crippen molar-refractivity contribution in [2.45, 2.75) is 13.8 Å². The first kappa shape index (κ1) is 7.98. The van der Waals surface area contributed by atoms with Crippen molar-refractivity contribution in [1.82, 2.24) is 14.8 Å². The smallest absolute Gasteiger partial charge is 0.147 e. The molecule has 13 heavy (non-hydrogen) atoms. The van der Waals surface area contributed by atoms with E-state index in [0.717, 1.165) is 11.5 Å². The van der Waals surface area contributed by atoms with Crippen LogP contribution in [0.25, 0.3) is 5.69 Å². The molecule has 0 N–H and O–H groups in total.